The van der Waals surface area contributed by atoms with Gasteiger partial charge in [-0.3, -0.25) is 9.59 Å². The summed E-state index contributed by atoms with van der Waals surface area (Å²) in [7, 11) is 0. The van der Waals surface area contributed by atoms with Crippen molar-refractivity contribution in [2.75, 3.05) is 13.2 Å². The van der Waals surface area contributed by atoms with Crippen molar-refractivity contribution >= 4 is 11.9 Å². The second-order valence-electron chi connectivity index (χ2n) is 8.33. The first-order valence-electron chi connectivity index (χ1n) is 9.13. The zero-order valence-electron chi connectivity index (χ0n) is 15.6. The van der Waals surface area contributed by atoms with Crippen molar-refractivity contribution in [3.63, 3.8) is 0 Å². The van der Waals surface area contributed by atoms with E-state index < -0.39 is 40.7 Å². The minimum Gasteiger partial charge on any atom is -0.465 e. The normalized spacial score (nSPS) is 48.6. The molecule has 1 spiro atoms. The smallest absolute Gasteiger partial charge is 0.303 e. The molecule has 7 atom stereocenters. The summed E-state index contributed by atoms with van der Waals surface area (Å²) in [6.07, 6.45) is 0.896. The number of hydrogen-bond donors (Lipinski definition) is 1. The zero-order chi connectivity index (χ0) is 18.9. The van der Waals surface area contributed by atoms with Gasteiger partial charge in [-0.25, -0.2) is 0 Å². The third-order valence-corrected chi connectivity index (χ3v) is 7.08. The Morgan fingerprint density at radius 3 is 2.62 bits per heavy atom. The van der Waals surface area contributed by atoms with Gasteiger partial charge in [0.15, 0.2) is 0 Å². The molecule has 26 heavy (non-hydrogen) atoms. The lowest BCUT2D eigenvalue weighted by molar-refractivity contribution is -0.233. The Labute approximate surface area is 152 Å². The van der Waals surface area contributed by atoms with Gasteiger partial charge in [-0.2, -0.15) is 0 Å². The number of carbonyl (C=O) groups excluding carboxylic acids is 2. The first-order valence-corrected chi connectivity index (χ1v) is 9.13. The Hall–Kier alpha value is -1.44. The summed E-state index contributed by atoms with van der Waals surface area (Å²) in [4.78, 5) is 23.4. The van der Waals surface area contributed by atoms with Crippen LogP contribution in [0.2, 0.25) is 0 Å². The average molecular weight is 366 g/mol. The number of hydrogen-bond acceptors (Lipinski definition) is 7. The molecule has 4 aliphatic rings. The summed E-state index contributed by atoms with van der Waals surface area (Å²) < 4.78 is 23.3. The van der Waals surface area contributed by atoms with Gasteiger partial charge in [0.25, 0.3) is 0 Å². The van der Waals surface area contributed by atoms with Gasteiger partial charge in [0.2, 0.25) is 0 Å². The topological polar surface area (TPSA) is 94.6 Å². The molecule has 3 fully saturated rings. The Morgan fingerprint density at radius 1 is 1.35 bits per heavy atom. The molecule has 0 aromatic carbocycles. The molecule has 0 radical (unpaired) electrons. The minimum absolute atomic E-state index is 0.135. The van der Waals surface area contributed by atoms with E-state index in [0.29, 0.717) is 13.0 Å². The lowest BCUT2D eigenvalue weighted by atomic mass is 9.51. The van der Waals surface area contributed by atoms with Crippen LogP contribution in [-0.4, -0.2) is 60.3 Å². The van der Waals surface area contributed by atoms with Crippen LogP contribution in [0.4, 0.5) is 0 Å². The molecule has 7 nitrogen and oxygen atoms in total. The van der Waals surface area contributed by atoms with Crippen molar-refractivity contribution in [2.45, 2.75) is 70.6 Å². The predicted octanol–water partition coefficient (Wildman–Crippen LogP) is 1.12. The molecule has 7 heteroatoms. The molecular formula is C19H26O7. The molecule has 0 amide bonds. The van der Waals surface area contributed by atoms with Gasteiger partial charge in [0.05, 0.1) is 18.1 Å². The lowest BCUT2D eigenvalue weighted by Crippen LogP contribution is -2.66. The summed E-state index contributed by atoms with van der Waals surface area (Å²) >= 11 is 0. The standard InChI is InChI=1S/C19H26O7/c1-10-5-6-18(8-23-11(2)20)13(7-10)26-16-14(22)15(25-12(3)21)17(18,4)19(16)9-24-19/h7,13-16,22H,5-6,8-9H2,1-4H3/t13-,14-,15-,16+,17+,18-,19+/m1/s1. The van der Waals surface area contributed by atoms with Crippen LogP contribution in [0.1, 0.15) is 40.5 Å². The Balaban J connectivity index is 1.86. The summed E-state index contributed by atoms with van der Waals surface area (Å²) in [5.74, 6) is -0.830. The first-order chi connectivity index (χ1) is 12.2. The fourth-order valence-corrected chi connectivity index (χ4v) is 5.60. The number of allylic oxidation sites excluding steroid dienone is 1. The van der Waals surface area contributed by atoms with Gasteiger partial charge < -0.3 is 24.1 Å². The van der Waals surface area contributed by atoms with Crippen LogP contribution in [0.25, 0.3) is 0 Å². The second-order valence-corrected chi connectivity index (χ2v) is 8.33. The molecular weight excluding hydrogens is 340 g/mol. The van der Waals surface area contributed by atoms with Crippen molar-refractivity contribution < 1.29 is 33.6 Å². The lowest BCUT2D eigenvalue weighted by Gasteiger charge is -2.58. The van der Waals surface area contributed by atoms with E-state index in [0.717, 1.165) is 6.42 Å². The van der Waals surface area contributed by atoms with Crippen LogP contribution < -0.4 is 0 Å². The molecule has 0 aromatic rings. The van der Waals surface area contributed by atoms with E-state index in [-0.39, 0.29) is 18.7 Å². The van der Waals surface area contributed by atoms with Crippen LogP contribution in [0.15, 0.2) is 11.6 Å². The molecule has 0 unspecified atom stereocenters. The average Bonchev–Trinajstić information content (AvgIpc) is 3.34. The van der Waals surface area contributed by atoms with Crippen LogP contribution in [0, 0.1) is 10.8 Å². The number of aliphatic hydroxyl groups excluding tert-OH is 1. The summed E-state index contributed by atoms with van der Waals surface area (Å²) in [6.45, 7) is 7.31. The molecule has 2 bridgehead atoms. The number of esters is 2. The van der Waals surface area contributed by atoms with Crippen LogP contribution in [0.3, 0.4) is 0 Å². The maximum absolute atomic E-state index is 11.8. The first kappa shape index (κ1) is 17.9. The van der Waals surface area contributed by atoms with Crippen LogP contribution in [-0.2, 0) is 28.5 Å². The summed E-state index contributed by atoms with van der Waals surface area (Å²) in [6, 6.07) is 0. The maximum atomic E-state index is 11.8. The largest absolute Gasteiger partial charge is 0.465 e. The highest BCUT2D eigenvalue weighted by Crippen LogP contribution is 2.72. The Bertz CT molecular complexity index is 681. The molecule has 2 saturated heterocycles. The number of ether oxygens (including phenoxy) is 4. The van der Waals surface area contributed by atoms with Crippen molar-refractivity contribution in [3.05, 3.63) is 11.6 Å². The van der Waals surface area contributed by atoms with E-state index >= 15 is 0 Å². The molecule has 4 rings (SSSR count). The Morgan fingerprint density at radius 2 is 2.04 bits per heavy atom. The van der Waals surface area contributed by atoms with Gasteiger partial charge in [0, 0.05) is 19.3 Å². The molecule has 0 aromatic heterocycles. The summed E-state index contributed by atoms with van der Waals surface area (Å²) in [5, 5.41) is 10.9. The summed E-state index contributed by atoms with van der Waals surface area (Å²) in [5.41, 5.74) is -0.890. The monoisotopic (exact) mass is 366 g/mol. The van der Waals surface area contributed by atoms with E-state index in [1.807, 2.05) is 13.8 Å². The fourth-order valence-electron chi connectivity index (χ4n) is 5.60. The number of epoxide rings is 1. The molecule has 2 heterocycles. The quantitative estimate of drug-likeness (QED) is 0.454. The molecule has 2 aliphatic heterocycles. The number of aliphatic hydroxyl groups is 1. The van der Waals surface area contributed by atoms with Crippen molar-refractivity contribution in [1.82, 2.24) is 0 Å². The van der Waals surface area contributed by atoms with Crippen molar-refractivity contribution in [3.8, 4) is 0 Å². The fraction of sp³-hybridized carbons (Fsp3) is 0.789. The highest BCUT2D eigenvalue weighted by molar-refractivity contribution is 5.67. The number of carbonyl (C=O) groups is 2. The van der Waals surface area contributed by atoms with Gasteiger partial charge >= 0.3 is 11.9 Å². The molecule has 2 aliphatic carbocycles. The minimum atomic E-state index is -0.986. The maximum Gasteiger partial charge on any atom is 0.303 e. The highest BCUT2D eigenvalue weighted by Gasteiger charge is 2.85. The molecule has 1 saturated carbocycles. The second kappa shape index (κ2) is 5.53. The van der Waals surface area contributed by atoms with E-state index in [4.69, 9.17) is 18.9 Å². The van der Waals surface area contributed by atoms with E-state index in [1.54, 1.807) is 0 Å². The predicted molar refractivity (Wildman–Crippen MR) is 89.1 cm³/mol. The molecule has 1 N–H and O–H groups in total. The van der Waals surface area contributed by atoms with Gasteiger partial charge in [-0.15, -0.1) is 0 Å². The van der Waals surface area contributed by atoms with E-state index in [1.165, 1.54) is 19.4 Å². The molecule has 144 valence electrons. The zero-order valence-corrected chi connectivity index (χ0v) is 15.6. The van der Waals surface area contributed by atoms with Crippen LogP contribution >= 0.6 is 0 Å². The van der Waals surface area contributed by atoms with Crippen molar-refractivity contribution in [1.29, 1.82) is 0 Å². The van der Waals surface area contributed by atoms with Crippen LogP contribution in [0.5, 0.6) is 0 Å². The highest BCUT2D eigenvalue weighted by atomic mass is 16.7. The number of fused-ring (bicyclic) bond motifs is 2. The third kappa shape index (κ3) is 2.05. The van der Waals surface area contributed by atoms with E-state index in [9.17, 15) is 14.7 Å². The van der Waals surface area contributed by atoms with E-state index in [2.05, 4.69) is 6.08 Å². The Kier molecular flexibility index (Phi) is 3.82. The van der Waals surface area contributed by atoms with Gasteiger partial charge in [0.1, 0.15) is 30.5 Å². The van der Waals surface area contributed by atoms with Gasteiger partial charge in [-0.1, -0.05) is 18.6 Å². The SMILES string of the molecule is CC(=O)OC[C@]12CCC(C)=C[C@H]1O[C@H]1[C@H](O)[C@@H](OC(C)=O)[C@]2(C)[C@]12CO2. The van der Waals surface area contributed by atoms with Crippen molar-refractivity contribution in [2.24, 2.45) is 10.8 Å². The van der Waals surface area contributed by atoms with Gasteiger partial charge in [-0.05, 0) is 19.8 Å². The third-order valence-electron chi connectivity index (χ3n) is 7.08. The number of rotatable bonds is 3.